The van der Waals surface area contributed by atoms with Crippen LogP contribution in [-0.2, 0) is 22.6 Å². The van der Waals surface area contributed by atoms with Gasteiger partial charge in [-0.3, -0.25) is 14.3 Å². The molecule has 1 saturated carbocycles. The fourth-order valence-corrected chi connectivity index (χ4v) is 5.03. The third-order valence-corrected chi connectivity index (χ3v) is 7.02. The first-order chi connectivity index (χ1) is 14.8. The Labute approximate surface area is 182 Å². The average Bonchev–Trinajstić information content (AvgIpc) is 3.10. The summed E-state index contributed by atoms with van der Waals surface area (Å²) in [4.78, 5) is 26.1. The van der Waals surface area contributed by atoms with Crippen molar-refractivity contribution in [2.75, 3.05) is 6.54 Å². The van der Waals surface area contributed by atoms with E-state index in [2.05, 4.69) is 0 Å². The van der Waals surface area contributed by atoms with Crippen LogP contribution in [0.2, 0.25) is 0 Å². The molecule has 1 atom stereocenters. The Bertz CT molecular complexity index is 961. The highest BCUT2D eigenvalue weighted by atomic mass is 19.1. The van der Waals surface area contributed by atoms with E-state index in [1.807, 2.05) is 23.4 Å². The van der Waals surface area contributed by atoms with E-state index in [-0.39, 0.29) is 29.6 Å². The topological polar surface area (TPSA) is 75.4 Å². The van der Waals surface area contributed by atoms with Gasteiger partial charge in [0.2, 0.25) is 5.91 Å². The number of benzene rings is 1. The van der Waals surface area contributed by atoms with Crippen LogP contribution in [0, 0.1) is 24.6 Å². The zero-order valence-electron chi connectivity index (χ0n) is 18.2. The highest BCUT2D eigenvalue weighted by molar-refractivity contribution is 5.77. The minimum absolute atomic E-state index is 0.0515. The number of hydrogen-bond donors (Lipinski definition) is 1. The lowest BCUT2D eigenvalue weighted by Crippen LogP contribution is -2.38. The SMILES string of the molecule is Cc1nn(C(C)c2ccc(F)cc2)c2c1CCN(C(=O)C[C@H]1CC[C@@H](C(=O)O)CC1)C2. The Morgan fingerprint density at radius 2 is 1.87 bits per heavy atom. The second-order valence-electron chi connectivity index (χ2n) is 9.01. The molecule has 1 N–H and O–H groups in total. The van der Waals surface area contributed by atoms with Crippen LogP contribution in [0.4, 0.5) is 4.39 Å². The summed E-state index contributed by atoms with van der Waals surface area (Å²) in [5, 5.41) is 13.9. The molecule has 0 bridgehead atoms. The van der Waals surface area contributed by atoms with Gasteiger partial charge in [-0.1, -0.05) is 12.1 Å². The number of hydrogen-bond acceptors (Lipinski definition) is 3. The van der Waals surface area contributed by atoms with Crippen molar-refractivity contribution in [2.24, 2.45) is 11.8 Å². The summed E-state index contributed by atoms with van der Waals surface area (Å²) in [7, 11) is 0. The van der Waals surface area contributed by atoms with Gasteiger partial charge in [0.15, 0.2) is 0 Å². The van der Waals surface area contributed by atoms with E-state index in [1.165, 1.54) is 17.7 Å². The standard InChI is InChI=1S/C24H30FN3O3/c1-15-21-11-12-27(23(29)13-17-3-5-19(6-4-17)24(30)31)14-22(21)28(26-15)16(2)18-7-9-20(25)10-8-18/h7-10,16-17,19H,3-6,11-14H2,1-2H3,(H,30,31)/t16?,17-,19+. The van der Waals surface area contributed by atoms with Crippen LogP contribution >= 0.6 is 0 Å². The lowest BCUT2D eigenvalue weighted by Gasteiger charge is -2.32. The molecular formula is C24H30FN3O3. The van der Waals surface area contributed by atoms with Gasteiger partial charge < -0.3 is 10.0 Å². The van der Waals surface area contributed by atoms with E-state index in [9.17, 15) is 14.0 Å². The number of nitrogens with zero attached hydrogens (tertiary/aromatic N) is 3. The zero-order chi connectivity index (χ0) is 22.1. The first-order valence-electron chi connectivity index (χ1n) is 11.2. The lowest BCUT2D eigenvalue weighted by molar-refractivity contribution is -0.143. The maximum atomic E-state index is 13.3. The molecule has 4 rings (SSSR count). The summed E-state index contributed by atoms with van der Waals surface area (Å²) >= 11 is 0. The molecule has 1 fully saturated rings. The second kappa shape index (κ2) is 8.81. The molecule has 1 aromatic carbocycles. The highest BCUT2D eigenvalue weighted by Gasteiger charge is 2.31. The van der Waals surface area contributed by atoms with Gasteiger partial charge >= 0.3 is 5.97 Å². The normalized spacial score (nSPS) is 22.1. The predicted octanol–water partition coefficient (Wildman–Crippen LogP) is 4.11. The number of carbonyl (C=O) groups is 2. The molecule has 1 aliphatic carbocycles. The number of aliphatic carboxylic acids is 1. The second-order valence-corrected chi connectivity index (χ2v) is 9.01. The van der Waals surface area contributed by atoms with Crippen molar-refractivity contribution in [3.05, 3.63) is 52.6 Å². The largest absolute Gasteiger partial charge is 0.481 e. The smallest absolute Gasteiger partial charge is 0.306 e. The molecule has 2 aliphatic rings. The molecule has 0 radical (unpaired) electrons. The van der Waals surface area contributed by atoms with Crippen molar-refractivity contribution >= 4 is 11.9 Å². The highest BCUT2D eigenvalue weighted by Crippen LogP contribution is 2.33. The number of amides is 1. The van der Waals surface area contributed by atoms with Crippen molar-refractivity contribution in [2.45, 2.75) is 65.0 Å². The maximum absolute atomic E-state index is 13.3. The quantitative estimate of drug-likeness (QED) is 0.779. The molecule has 2 aromatic rings. The molecule has 1 unspecified atom stereocenters. The Kier molecular flexibility index (Phi) is 6.12. The summed E-state index contributed by atoms with van der Waals surface area (Å²) in [6.45, 7) is 5.27. The van der Waals surface area contributed by atoms with Crippen LogP contribution < -0.4 is 0 Å². The summed E-state index contributed by atoms with van der Waals surface area (Å²) in [6, 6.07) is 6.43. The number of halogens is 1. The molecule has 2 heterocycles. The van der Waals surface area contributed by atoms with Gasteiger partial charge in [0.25, 0.3) is 0 Å². The Morgan fingerprint density at radius 1 is 1.19 bits per heavy atom. The molecule has 1 aliphatic heterocycles. The van der Waals surface area contributed by atoms with Gasteiger partial charge in [0.1, 0.15) is 5.82 Å². The van der Waals surface area contributed by atoms with Crippen molar-refractivity contribution in [3.63, 3.8) is 0 Å². The minimum atomic E-state index is -0.716. The van der Waals surface area contributed by atoms with E-state index in [0.717, 1.165) is 36.2 Å². The molecule has 166 valence electrons. The van der Waals surface area contributed by atoms with Gasteiger partial charge in [0.05, 0.1) is 29.9 Å². The van der Waals surface area contributed by atoms with Gasteiger partial charge in [-0.05, 0) is 75.1 Å². The lowest BCUT2D eigenvalue weighted by atomic mass is 9.80. The van der Waals surface area contributed by atoms with E-state index >= 15 is 0 Å². The molecular weight excluding hydrogens is 397 g/mol. The first kappa shape index (κ1) is 21.5. The van der Waals surface area contributed by atoms with Crippen LogP contribution in [0.3, 0.4) is 0 Å². The fourth-order valence-electron chi connectivity index (χ4n) is 5.03. The molecule has 1 aromatic heterocycles. The molecule has 7 heteroatoms. The number of rotatable bonds is 5. The Morgan fingerprint density at radius 3 is 2.52 bits per heavy atom. The van der Waals surface area contributed by atoms with E-state index in [1.54, 1.807) is 12.1 Å². The van der Waals surface area contributed by atoms with Crippen molar-refractivity contribution in [1.29, 1.82) is 0 Å². The van der Waals surface area contributed by atoms with Crippen molar-refractivity contribution in [1.82, 2.24) is 14.7 Å². The molecule has 6 nitrogen and oxygen atoms in total. The number of carbonyl (C=O) groups excluding carboxylic acids is 1. The van der Waals surface area contributed by atoms with Gasteiger partial charge in [-0.15, -0.1) is 0 Å². The van der Waals surface area contributed by atoms with E-state index in [0.29, 0.717) is 32.4 Å². The molecule has 0 saturated heterocycles. The number of aryl methyl sites for hydroxylation is 1. The number of fused-ring (bicyclic) bond motifs is 1. The van der Waals surface area contributed by atoms with Crippen LogP contribution in [0.5, 0.6) is 0 Å². The van der Waals surface area contributed by atoms with Crippen LogP contribution in [-0.4, -0.2) is 38.2 Å². The Balaban J connectivity index is 1.45. The summed E-state index contributed by atoms with van der Waals surface area (Å²) < 4.78 is 15.3. The minimum Gasteiger partial charge on any atom is -0.481 e. The predicted molar refractivity (Wildman–Crippen MR) is 114 cm³/mol. The molecule has 0 spiro atoms. The molecule has 31 heavy (non-hydrogen) atoms. The van der Waals surface area contributed by atoms with E-state index < -0.39 is 5.97 Å². The van der Waals surface area contributed by atoms with Gasteiger partial charge in [-0.25, -0.2) is 4.39 Å². The third-order valence-electron chi connectivity index (χ3n) is 7.02. The monoisotopic (exact) mass is 427 g/mol. The van der Waals surface area contributed by atoms with Crippen LogP contribution in [0.25, 0.3) is 0 Å². The number of aromatic nitrogens is 2. The van der Waals surface area contributed by atoms with Crippen LogP contribution in [0.1, 0.15) is 67.6 Å². The number of carboxylic acid groups (broad SMARTS) is 1. The summed E-state index contributed by atoms with van der Waals surface area (Å²) in [6.07, 6.45) is 4.22. The zero-order valence-corrected chi connectivity index (χ0v) is 18.2. The van der Waals surface area contributed by atoms with Gasteiger partial charge in [0, 0.05) is 13.0 Å². The summed E-state index contributed by atoms with van der Waals surface area (Å²) in [5.41, 5.74) is 4.23. The van der Waals surface area contributed by atoms with Gasteiger partial charge in [-0.2, -0.15) is 5.10 Å². The van der Waals surface area contributed by atoms with E-state index in [4.69, 9.17) is 10.2 Å². The average molecular weight is 428 g/mol. The third kappa shape index (κ3) is 4.50. The first-order valence-corrected chi connectivity index (χ1v) is 11.2. The Hall–Kier alpha value is -2.70. The maximum Gasteiger partial charge on any atom is 0.306 e. The van der Waals surface area contributed by atoms with Crippen LogP contribution in [0.15, 0.2) is 24.3 Å². The van der Waals surface area contributed by atoms with Crippen molar-refractivity contribution in [3.8, 4) is 0 Å². The number of carboxylic acids is 1. The molecule has 1 amide bonds. The van der Waals surface area contributed by atoms with Crippen molar-refractivity contribution < 1.29 is 19.1 Å². The summed E-state index contributed by atoms with van der Waals surface area (Å²) in [5.74, 6) is -0.816. The fraction of sp³-hybridized carbons (Fsp3) is 0.542.